The van der Waals surface area contributed by atoms with Gasteiger partial charge in [0.05, 0.1) is 17.3 Å². The fraction of sp³-hybridized carbons (Fsp3) is 0.333. The number of likely N-dealkylation sites (N-methyl/N-ethyl adjacent to an activating group) is 1. The fourth-order valence-corrected chi connectivity index (χ4v) is 5.49. The lowest BCUT2D eigenvalue weighted by atomic mass is 9.84. The largest absolute Gasteiger partial charge is 0.469 e. The maximum absolute atomic E-state index is 14.6. The molecule has 0 spiro atoms. The number of hydrogen-bond donors (Lipinski definition) is 0. The Hall–Kier alpha value is -3.51. The van der Waals surface area contributed by atoms with Crippen molar-refractivity contribution < 1.29 is 13.6 Å². The predicted octanol–water partition coefficient (Wildman–Crippen LogP) is 5.87. The molecule has 186 valence electrons. The van der Waals surface area contributed by atoms with E-state index in [2.05, 4.69) is 34.1 Å². The van der Waals surface area contributed by atoms with Crippen molar-refractivity contribution in [2.24, 2.45) is 5.92 Å². The minimum absolute atomic E-state index is 0.0770. The Labute approximate surface area is 211 Å². The molecule has 0 radical (unpaired) electrons. The Kier molecular flexibility index (Phi) is 7.14. The second kappa shape index (κ2) is 10.6. The third-order valence-electron chi connectivity index (χ3n) is 7.58. The van der Waals surface area contributed by atoms with Crippen molar-refractivity contribution in [1.29, 1.82) is 0 Å². The van der Waals surface area contributed by atoms with Crippen LogP contribution < -0.4 is 0 Å². The number of pyridine rings is 1. The van der Waals surface area contributed by atoms with Crippen molar-refractivity contribution in [1.82, 2.24) is 14.8 Å². The Bertz CT molecular complexity index is 1340. The number of rotatable bonds is 7. The third-order valence-corrected chi connectivity index (χ3v) is 7.58. The first-order valence-electron chi connectivity index (χ1n) is 12.6. The zero-order chi connectivity index (χ0) is 25.1. The average molecular weight is 486 g/mol. The van der Waals surface area contributed by atoms with E-state index in [4.69, 9.17) is 4.42 Å². The normalized spacial score (nSPS) is 15.8. The lowest BCUT2D eigenvalue weighted by molar-refractivity contribution is 0.0582. The Morgan fingerprint density at radius 2 is 1.83 bits per heavy atom. The standard InChI is InChI=1S/C30H32FN3O2/c1-21-26(14-18-36-21)30(35)33(2)28(19-24-7-3-4-11-27(24)31)22-12-16-34(17-13-22)20-25-9-5-8-23-10-6-15-32-29(23)25/h3-11,14-15,18,22,28H,12-13,16-17,19-20H2,1-2H3/t28-/m0/s1. The van der Waals surface area contributed by atoms with Gasteiger partial charge in [0.15, 0.2) is 0 Å². The number of amides is 1. The number of benzene rings is 2. The van der Waals surface area contributed by atoms with Gasteiger partial charge in [0, 0.05) is 31.2 Å². The van der Waals surface area contributed by atoms with E-state index in [1.165, 1.54) is 11.6 Å². The van der Waals surface area contributed by atoms with Gasteiger partial charge in [-0.3, -0.25) is 14.7 Å². The molecule has 2 aromatic heterocycles. The van der Waals surface area contributed by atoms with Gasteiger partial charge >= 0.3 is 0 Å². The highest BCUT2D eigenvalue weighted by molar-refractivity contribution is 5.95. The maximum Gasteiger partial charge on any atom is 0.257 e. The summed E-state index contributed by atoms with van der Waals surface area (Å²) in [6.07, 6.45) is 5.77. The molecule has 1 fully saturated rings. The zero-order valence-corrected chi connectivity index (χ0v) is 20.9. The van der Waals surface area contributed by atoms with E-state index >= 15 is 0 Å². The number of para-hydroxylation sites is 1. The minimum Gasteiger partial charge on any atom is -0.469 e. The molecule has 0 saturated carbocycles. The van der Waals surface area contributed by atoms with Crippen molar-refractivity contribution in [3.8, 4) is 0 Å². The second-order valence-corrected chi connectivity index (χ2v) is 9.78. The number of aromatic nitrogens is 1. The van der Waals surface area contributed by atoms with Crippen LogP contribution in [-0.2, 0) is 13.0 Å². The quantitative estimate of drug-likeness (QED) is 0.328. The summed E-state index contributed by atoms with van der Waals surface area (Å²) in [4.78, 5) is 22.2. The van der Waals surface area contributed by atoms with Crippen molar-refractivity contribution >= 4 is 16.8 Å². The van der Waals surface area contributed by atoms with Crippen LogP contribution in [0.15, 0.2) is 77.5 Å². The highest BCUT2D eigenvalue weighted by atomic mass is 19.1. The average Bonchev–Trinajstić information content (AvgIpc) is 3.34. The van der Waals surface area contributed by atoms with E-state index in [-0.39, 0.29) is 23.7 Å². The highest BCUT2D eigenvalue weighted by Crippen LogP contribution is 2.30. The molecule has 4 aromatic rings. The molecule has 1 amide bonds. The van der Waals surface area contributed by atoms with Crippen LogP contribution in [0.4, 0.5) is 4.39 Å². The van der Waals surface area contributed by atoms with Gasteiger partial charge < -0.3 is 9.32 Å². The molecule has 0 unspecified atom stereocenters. The number of nitrogens with zero attached hydrogens (tertiary/aromatic N) is 3. The molecule has 0 bridgehead atoms. The number of hydrogen-bond acceptors (Lipinski definition) is 4. The van der Waals surface area contributed by atoms with Crippen molar-refractivity contribution in [2.45, 2.75) is 38.8 Å². The number of likely N-dealkylation sites (tertiary alicyclic amines) is 1. The molecule has 5 rings (SSSR count). The first-order chi connectivity index (χ1) is 17.5. The SMILES string of the molecule is Cc1occc1C(=O)N(C)[C@@H](Cc1ccccc1F)C1CCN(Cc2cccc3cccnc23)CC1. The second-order valence-electron chi connectivity index (χ2n) is 9.78. The van der Waals surface area contributed by atoms with Crippen LogP contribution in [0.3, 0.4) is 0 Å². The van der Waals surface area contributed by atoms with Gasteiger partial charge in [-0.2, -0.15) is 0 Å². The summed E-state index contributed by atoms with van der Waals surface area (Å²) >= 11 is 0. The molecule has 0 aliphatic carbocycles. The Morgan fingerprint density at radius 3 is 2.58 bits per heavy atom. The van der Waals surface area contributed by atoms with E-state index in [1.807, 2.05) is 31.4 Å². The fourth-order valence-electron chi connectivity index (χ4n) is 5.49. The van der Waals surface area contributed by atoms with Crippen LogP contribution in [0.25, 0.3) is 10.9 Å². The van der Waals surface area contributed by atoms with Crippen molar-refractivity contribution in [3.63, 3.8) is 0 Å². The number of fused-ring (bicyclic) bond motifs is 1. The maximum atomic E-state index is 14.6. The van der Waals surface area contributed by atoms with Gasteiger partial charge in [-0.1, -0.05) is 42.5 Å². The molecule has 1 aliphatic rings. The summed E-state index contributed by atoms with van der Waals surface area (Å²) in [5.74, 6) is 0.582. The zero-order valence-electron chi connectivity index (χ0n) is 20.9. The van der Waals surface area contributed by atoms with Crippen LogP contribution in [-0.4, -0.2) is 46.9 Å². The Morgan fingerprint density at radius 1 is 1.08 bits per heavy atom. The molecular formula is C30H32FN3O2. The summed E-state index contributed by atoms with van der Waals surface area (Å²) < 4.78 is 20.0. The summed E-state index contributed by atoms with van der Waals surface area (Å²) in [7, 11) is 1.84. The highest BCUT2D eigenvalue weighted by Gasteiger charge is 2.33. The van der Waals surface area contributed by atoms with Gasteiger partial charge in [0.25, 0.3) is 5.91 Å². The molecule has 5 nitrogen and oxygen atoms in total. The van der Waals surface area contributed by atoms with E-state index in [0.717, 1.165) is 43.4 Å². The van der Waals surface area contributed by atoms with Crippen LogP contribution in [0.5, 0.6) is 0 Å². The van der Waals surface area contributed by atoms with E-state index < -0.39 is 0 Å². The van der Waals surface area contributed by atoms with Gasteiger partial charge in [-0.25, -0.2) is 4.39 Å². The van der Waals surface area contributed by atoms with Gasteiger partial charge in [-0.05, 0) is 74.5 Å². The number of furan rings is 1. The monoisotopic (exact) mass is 485 g/mol. The lowest BCUT2D eigenvalue weighted by Crippen LogP contribution is -2.47. The summed E-state index contributed by atoms with van der Waals surface area (Å²) in [6.45, 7) is 4.50. The van der Waals surface area contributed by atoms with Crippen molar-refractivity contribution in [2.75, 3.05) is 20.1 Å². The van der Waals surface area contributed by atoms with E-state index in [0.29, 0.717) is 23.3 Å². The van der Waals surface area contributed by atoms with E-state index in [1.54, 1.807) is 30.2 Å². The lowest BCUT2D eigenvalue weighted by Gasteiger charge is -2.40. The molecule has 6 heteroatoms. The number of carbonyl (C=O) groups is 1. The molecule has 2 aromatic carbocycles. The topological polar surface area (TPSA) is 49.6 Å². The molecule has 1 saturated heterocycles. The number of aryl methyl sites for hydroxylation is 1. The molecule has 0 N–H and O–H groups in total. The molecule has 3 heterocycles. The minimum atomic E-state index is -0.219. The molecule has 1 atom stereocenters. The first kappa shape index (κ1) is 24.2. The van der Waals surface area contributed by atoms with Crippen LogP contribution in [0.1, 0.15) is 40.1 Å². The first-order valence-corrected chi connectivity index (χ1v) is 12.6. The van der Waals surface area contributed by atoms with Crippen LogP contribution >= 0.6 is 0 Å². The summed E-state index contributed by atoms with van der Waals surface area (Å²) in [5.41, 5.74) is 3.50. The summed E-state index contributed by atoms with van der Waals surface area (Å²) in [5, 5.41) is 1.16. The number of piperidine rings is 1. The molecule has 1 aliphatic heterocycles. The van der Waals surface area contributed by atoms with Crippen molar-refractivity contribution in [3.05, 3.63) is 101 Å². The van der Waals surface area contributed by atoms with Gasteiger partial charge in [0.1, 0.15) is 11.6 Å². The number of halogens is 1. The Balaban J connectivity index is 1.32. The van der Waals surface area contributed by atoms with Gasteiger partial charge in [-0.15, -0.1) is 0 Å². The summed E-state index contributed by atoms with van der Waals surface area (Å²) in [6, 6.07) is 18.9. The number of carbonyl (C=O) groups excluding carboxylic acids is 1. The molecule has 36 heavy (non-hydrogen) atoms. The van der Waals surface area contributed by atoms with Crippen LogP contribution in [0, 0.1) is 18.7 Å². The third kappa shape index (κ3) is 5.05. The van der Waals surface area contributed by atoms with Gasteiger partial charge in [0.2, 0.25) is 0 Å². The van der Waals surface area contributed by atoms with E-state index in [9.17, 15) is 9.18 Å². The smallest absolute Gasteiger partial charge is 0.257 e. The molecular weight excluding hydrogens is 453 g/mol. The van der Waals surface area contributed by atoms with Crippen LogP contribution in [0.2, 0.25) is 0 Å². The predicted molar refractivity (Wildman–Crippen MR) is 139 cm³/mol.